The first kappa shape index (κ1) is 20.8. The van der Waals surface area contributed by atoms with Gasteiger partial charge in [0.05, 0.1) is 18.2 Å². The Hall–Kier alpha value is -2.90. The molecule has 0 saturated heterocycles. The zero-order chi connectivity index (χ0) is 20.8. The van der Waals surface area contributed by atoms with Crippen molar-refractivity contribution in [3.63, 3.8) is 0 Å². The van der Waals surface area contributed by atoms with Gasteiger partial charge in [-0.1, -0.05) is 12.5 Å². The quantitative estimate of drug-likeness (QED) is 0.663. The Labute approximate surface area is 169 Å². The molecule has 156 valence electrons. The van der Waals surface area contributed by atoms with Crippen LogP contribution in [0.1, 0.15) is 48.5 Å². The fraction of sp³-hybridized carbons (Fsp3) is 0.476. The summed E-state index contributed by atoms with van der Waals surface area (Å²) in [6.07, 6.45) is 7.03. The number of aromatic nitrogens is 2. The summed E-state index contributed by atoms with van der Waals surface area (Å²) in [7, 11) is 0. The van der Waals surface area contributed by atoms with Crippen LogP contribution in [0.15, 0.2) is 30.6 Å². The highest BCUT2D eigenvalue weighted by molar-refractivity contribution is 5.93. The van der Waals surface area contributed by atoms with Crippen LogP contribution in [0.4, 0.5) is 4.39 Å². The monoisotopic (exact) mass is 402 g/mol. The van der Waals surface area contributed by atoms with Gasteiger partial charge in [0.2, 0.25) is 5.91 Å². The smallest absolute Gasteiger partial charge is 0.254 e. The number of hydrogen-bond donors (Lipinski definition) is 3. The normalized spacial score (nSPS) is 19.0. The summed E-state index contributed by atoms with van der Waals surface area (Å²) in [4.78, 5) is 24.5. The van der Waals surface area contributed by atoms with E-state index in [1.165, 1.54) is 18.2 Å². The summed E-state index contributed by atoms with van der Waals surface area (Å²) in [5, 5.41) is 19.3. The van der Waals surface area contributed by atoms with Gasteiger partial charge in [0.15, 0.2) is 11.6 Å². The van der Waals surface area contributed by atoms with Crippen LogP contribution in [0, 0.1) is 11.7 Å². The molecule has 2 aromatic rings. The van der Waals surface area contributed by atoms with Crippen molar-refractivity contribution in [1.29, 1.82) is 0 Å². The molecule has 0 bridgehead atoms. The largest absolute Gasteiger partial charge is 0.505 e. The van der Waals surface area contributed by atoms with E-state index in [-0.39, 0.29) is 24.3 Å². The van der Waals surface area contributed by atoms with E-state index < -0.39 is 11.6 Å². The highest BCUT2D eigenvalue weighted by atomic mass is 19.1. The third-order valence-electron chi connectivity index (χ3n) is 5.30. The number of hydrogen-bond acceptors (Lipinski definition) is 4. The number of benzene rings is 1. The first-order chi connectivity index (χ1) is 13.9. The molecule has 1 aromatic carbocycles. The first-order valence-electron chi connectivity index (χ1n) is 10.0. The fourth-order valence-corrected chi connectivity index (χ4v) is 3.72. The lowest BCUT2D eigenvalue weighted by atomic mass is 9.85. The molecule has 7 nitrogen and oxygen atoms in total. The third kappa shape index (κ3) is 5.79. The van der Waals surface area contributed by atoms with Gasteiger partial charge < -0.3 is 15.7 Å². The van der Waals surface area contributed by atoms with Crippen molar-refractivity contribution in [2.24, 2.45) is 5.92 Å². The SMILES string of the molecule is CCn1cc(C(=O)NC[C@@H]2CCC[C@H](NC(=O)Cc3ccc(O)c(F)c3)C2)cn1. The molecule has 0 spiro atoms. The number of nitrogens with zero attached hydrogens (tertiary/aromatic N) is 2. The molecule has 1 aliphatic rings. The van der Waals surface area contributed by atoms with Crippen LogP contribution in [0.5, 0.6) is 5.75 Å². The Kier molecular flexibility index (Phi) is 6.85. The van der Waals surface area contributed by atoms with Gasteiger partial charge in [-0.2, -0.15) is 5.10 Å². The van der Waals surface area contributed by atoms with Crippen molar-refractivity contribution in [3.05, 3.63) is 47.5 Å². The minimum Gasteiger partial charge on any atom is -0.505 e. The van der Waals surface area contributed by atoms with E-state index in [1.807, 2.05) is 6.92 Å². The molecule has 1 heterocycles. The number of amides is 2. The molecule has 1 fully saturated rings. The Balaban J connectivity index is 1.45. The third-order valence-corrected chi connectivity index (χ3v) is 5.30. The Morgan fingerprint density at radius 1 is 1.34 bits per heavy atom. The average molecular weight is 402 g/mol. The highest BCUT2D eigenvalue weighted by Crippen LogP contribution is 2.24. The molecule has 1 aliphatic carbocycles. The molecule has 1 saturated carbocycles. The minimum atomic E-state index is -0.728. The van der Waals surface area contributed by atoms with Gasteiger partial charge in [-0.3, -0.25) is 14.3 Å². The van der Waals surface area contributed by atoms with Crippen molar-refractivity contribution in [2.75, 3.05) is 6.54 Å². The molecular formula is C21H27FN4O3. The van der Waals surface area contributed by atoms with Gasteiger partial charge in [0.1, 0.15) is 0 Å². The molecule has 3 N–H and O–H groups in total. The van der Waals surface area contributed by atoms with E-state index in [2.05, 4.69) is 15.7 Å². The van der Waals surface area contributed by atoms with Crippen LogP contribution in [0.25, 0.3) is 0 Å². The molecule has 8 heteroatoms. The van der Waals surface area contributed by atoms with Crippen LogP contribution in [-0.4, -0.2) is 39.3 Å². The van der Waals surface area contributed by atoms with E-state index >= 15 is 0 Å². The van der Waals surface area contributed by atoms with Gasteiger partial charge in [-0.15, -0.1) is 0 Å². The van der Waals surface area contributed by atoms with Crippen molar-refractivity contribution in [1.82, 2.24) is 20.4 Å². The number of phenols is 1. The Bertz CT molecular complexity index is 867. The summed E-state index contributed by atoms with van der Waals surface area (Å²) in [5.41, 5.74) is 1.07. The zero-order valence-electron chi connectivity index (χ0n) is 16.5. The number of aryl methyl sites for hydroxylation is 1. The van der Waals surface area contributed by atoms with Gasteiger partial charge in [-0.25, -0.2) is 4.39 Å². The number of rotatable bonds is 7. The van der Waals surface area contributed by atoms with E-state index in [1.54, 1.807) is 17.1 Å². The standard InChI is InChI=1S/C21H27FN4O3/c1-2-26-13-16(12-24-26)21(29)23-11-15-4-3-5-17(8-15)25-20(28)10-14-6-7-19(27)18(22)9-14/h6-7,9,12-13,15,17,27H,2-5,8,10-11H2,1H3,(H,23,29)(H,25,28)/t15-,17+/m1/s1. The van der Waals surface area contributed by atoms with E-state index in [0.29, 0.717) is 30.1 Å². The number of carbonyl (C=O) groups excluding carboxylic acids is 2. The van der Waals surface area contributed by atoms with E-state index in [9.17, 15) is 19.1 Å². The lowest BCUT2D eigenvalue weighted by molar-refractivity contribution is -0.121. The van der Waals surface area contributed by atoms with E-state index in [0.717, 1.165) is 25.7 Å². The summed E-state index contributed by atoms with van der Waals surface area (Å²) < 4.78 is 15.1. The maximum atomic E-state index is 13.4. The second-order valence-corrected chi connectivity index (χ2v) is 7.55. The van der Waals surface area contributed by atoms with Crippen molar-refractivity contribution < 1.29 is 19.1 Å². The van der Waals surface area contributed by atoms with Gasteiger partial charge in [0, 0.05) is 25.3 Å². The predicted octanol–water partition coefficient (Wildman–Crippen LogP) is 2.40. The van der Waals surface area contributed by atoms with Crippen LogP contribution >= 0.6 is 0 Å². The molecule has 3 rings (SSSR count). The Morgan fingerprint density at radius 2 is 2.17 bits per heavy atom. The number of nitrogens with one attached hydrogen (secondary N) is 2. The maximum Gasteiger partial charge on any atom is 0.254 e. The molecule has 2 atom stereocenters. The number of phenolic OH excluding ortho intramolecular Hbond substituents is 1. The van der Waals surface area contributed by atoms with E-state index in [4.69, 9.17) is 0 Å². The molecule has 0 aliphatic heterocycles. The lowest BCUT2D eigenvalue weighted by Gasteiger charge is -2.30. The molecule has 0 unspecified atom stereocenters. The molecule has 2 amide bonds. The lowest BCUT2D eigenvalue weighted by Crippen LogP contribution is -2.41. The van der Waals surface area contributed by atoms with Crippen molar-refractivity contribution in [3.8, 4) is 5.75 Å². The molecule has 1 aromatic heterocycles. The summed E-state index contributed by atoms with van der Waals surface area (Å²) >= 11 is 0. The number of carbonyl (C=O) groups is 2. The highest BCUT2D eigenvalue weighted by Gasteiger charge is 2.24. The topological polar surface area (TPSA) is 96.2 Å². The second kappa shape index (κ2) is 9.54. The summed E-state index contributed by atoms with van der Waals surface area (Å²) in [5.74, 6) is -1.16. The summed E-state index contributed by atoms with van der Waals surface area (Å²) in [6, 6.07) is 4.01. The summed E-state index contributed by atoms with van der Waals surface area (Å²) in [6.45, 7) is 3.24. The first-order valence-corrected chi connectivity index (χ1v) is 10.0. The van der Waals surface area contributed by atoms with Crippen LogP contribution < -0.4 is 10.6 Å². The van der Waals surface area contributed by atoms with Gasteiger partial charge >= 0.3 is 0 Å². The molecule has 29 heavy (non-hydrogen) atoms. The maximum absolute atomic E-state index is 13.4. The number of halogens is 1. The molecular weight excluding hydrogens is 375 g/mol. The number of aromatic hydroxyl groups is 1. The minimum absolute atomic E-state index is 0.0444. The van der Waals surface area contributed by atoms with Crippen molar-refractivity contribution in [2.45, 2.75) is 51.6 Å². The van der Waals surface area contributed by atoms with Crippen LogP contribution in [-0.2, 0) is 17.8 Å². The Morgan fingerprint density at radius 3 is 2.90 bits per heavy atom. The van der Waals surface area contributed by atoms with Gasteiger partial charge in [-0.05, 0) is 49.8 Å². The van der Waals surface area contributed by atoms with Crippen LogP contribution in [0.3, 0.4) is 0 Å². The average Bonchev–Trinajstić information content (AvgIpc) is 3.18. The van der Waals surface area contributed by atoms with Gasteiger partial charge in [0.25, 0.3) is 5.91 Å². The predicted molar refractivity (Wildman–Crippen MR) is 106 cm³/mol. The molecule has 0 radical (unpaired) electrons. The second-order valence-electron chi connectivity index (χ2n) is 7.55. The zero-order valence-corrected chi connectivity index (χ0v) is 16.5. The van der Waals surface area contributed by atoms with Crippen molar-refractivity contribution >= 4 is 11.8 Å². The fourth-order valence-electron chi connectivity index (χ4n) is 3.72. The van der Waals surface area contributed by atoms with Crippen LogP contribution in [0.2, 0.25) is 0 Å².